The number of halogens is 3. The second kappa shape index (κ2) is 6.79. The van der Waals surface area contributed by atoms with E-state index in [-0.39, 0.29) is 28.1 Å². The summed E-state index contributed by atoms with van der Waals surface area (Å²) in [5.41, 5.74) is 0.846. The van der Waals surface area contributed by atoms with Crippen LogP contribution in [0.15, 0.2) is 42.5 Å². The summed E-state index contributed by atoms with van der Waals surface area (Å²) in [6.07, 6.45) is -0.143. The Morgan fingerprint density at radius 1 is 1.11 bits per heavy atom. The number of benzene rings is 2. The summed E-state index contributed by atoms with van der Waals surface area (Å²) in [4.78, 5) is 24.5. The van der Waals surface area contributed by atoms with Crippen molar-refractivity contribution in [2.45, 2.75) is 12.3 Å². The van der Waals surface area contributed by atoms with E-state index in [0.717, 1.165) is 17.4 Å². The molecule has 1 aliphatic heterocycles. The first-order valence-corrected chi connectivity index (χ1v) is 9.08. The van der Waals surface area contributed by atoms with Crippen molar-refractivity contribution in [2.24, 2.45) is 0 Å². The molecule has 1 aliphatic rings. The van der Waals surface area contributed by atoms with Crippen molar-refractivity contribution in [2.75, 3.05) is 5.32 Å². The van der Waals surface area contributed by atoms with E-state index in [1.165, 1.54) is 36.4 Å². The number of fused-ring (bicyclic) bond motifs is 1. The van der Waals surface area contributed by atoms with Gasteiger partial charge >= 0.3 is 5.97 Å². The predicted octanol–water partition coefficient (Wildman–Crippen LogP) is 5.00. The summed E-state index contributed by atoms with van der Waals surface area (Å²) in [6.45, 7) is 0. The van der Waals surface area contributed by atoms with Crippen LogP contribution in [0.4, 0.5) is 18.9 Å². The van der Waals surface area contributed by atoms with Gasteiger partial charge in [-0.3, -0.25) is 4.79 Å². The molecule has 2 heterocycles. The summed E-state index contributed by atoms with van der Waals surface area (Å²) in [5, 5.41) is 12.3. The highest BCUT2D eigenvalue weighted by Crippen LogP contribution is 2.49. The smallest absolute Gasteiger partial charge is 0.346 e. The molecule has 2 aromatic carbocycles. The Hall–Kier alpha value is -3.13. The summed E-state index contributed by atoms with van der Waals surface area (Å²) in [6, 6.07) is 8.86. The zero-order valence-electron chi connectivity index (χ0n) is 14.1. The van der Waals surface area contributed by atoms with Crippen LogP contribution in [-0.4, -0.2) is 17.0 Å². The van der Waals surface area contributed by atoms with Gasteiger partial charge in [-0.05, 0) is 29.3 Å². The van der Waals surface area contributed by atoms with Crippen LogP contribution >= 0.6 is 11.3 Å². The van der Waals surface area contributed by atoms with Crippen LogP contribution in [0.5, 0.6) is 0 Å². The van der Waals surface area contributed by atoms with Crippen LogP contribution < -0.4 is 5.32 Å². The molecule has 0 aliphatic carbocycles. The second-order valence-electron chi connectivity index (χ2n) is 6.31. The van der Waals surface area contributed by atoms with E-state index >= 15 is 0 Å². The minimum absolute atomic E-state index is 0.0139. The molecule has 0 unspecified atom stereocenters. The van der Waals surface area contributed by atoms with Crippen molar-refractivity contribution in [3.8, 4) is 11.1 Å². The lowest BCUT2D eigenvalue weighted by Crippen LogP contribution is -2.23. The third-order valence-corrected chi connectivity index (χ3v) is 5.88. The lowest BCUT2D eigenvalue weighted by atomic mass is 9.88. The van der Waals surface area contributed by atoms with Crippen molar-refractivity contribution in [3.05, 3.63) is 75.2 Å². The number of hydrogen-bond donors (Lipinski definition) is 2. The average molecular weight is 403 g/mol. The van der Waals surface area contributed by atoms with Crippen molar-refractivity contribution in [3.63, 3.8) is 0 Å². The van der Waals surface area contributed by atoms with Gasteiger partial charge in [-0.1, -0.05) is 24.3 Å². The SMILES string of the molecule is O=C1C[C@@H](c2cccc(F)c2F)c2sc(C(=O)O)c(-c3ccc(F)cc3)c2N1. The van der Waals surface area contributed by atoms with Gasteiger partial charge in [-0.15, -0.1) is 11.3 Å². The van der Waals surface area contributed by atoms with E-state index in [9.17, 15) is 27.9 Å². The fourth-order valence-electron chi connectivity index (χ4n) is 3.37. The third-order valence-electron chi connectivity index (χ3n) is 4.59. The Balaban J connectivity index is 1.96. The fourth-order valence-corrected chi connectivity index (χ4v) is 4.61. The highest BCUT2D eigenvalue weighted by molar-refractivity contribution is 7.15. The standard InChI is InChI=1S/C20H12F3NO3S/c21-10-6-4-9(5-7-10)15-17-18(28-19(15)20(26)27)12(8-14(25)24-17)11-2-1-3-13(22)16(11)23/h1-7,12H,8H2,(H,24,25)(H,26,27)/t12-/m0/s1. The monoisotopic (exact) mass is 403 g/mol. The van der Waals surface area contributed by atoms with Crippen molar-refractivity contribution < 1.29 is 27.9 Å². The first kappa shape index (κ1) is 18.2. The van der Waals surface area contributed by atoms with Crippen molar-refractivity contribution >= 4 is 28.9 Å². The van der Waals surface area contributed by atoms with E-state index in [1.807, 2.05) is 0 Å². The van der Waals surface area contributed by atoms with Gasteiger partial charge in [0.25, 0.3) is 0 Å². The fraction of sp³-hybridized carbons (Fsp3) is 0.100. The number of amides is 1. The second-order valence-corrected chi connectivity index (χ2v) is 7.36. The Bertz CT molecular complexity index is 1110. The van der Waals surface area contributed by atoms with Crippen LogP contribution in [0.2, 0.25) is 0 Å². The maximum Gasteiger partial charge on any atom is 0.346 e. The van der Waals surface area contributed by atoms with E-state index in [1.54, 1.807) is 0 Å². The quantitative estimate of drug-likeness (QED) is 0.647. The Kier molecular flexibility index (Phi) is 4.43. The maximum atomic E-state index is 14.4. The number of carbonyl (C=O) groups excluding carboxylic acids is 1. The van der Waals surface area contributed by atoms with Crippen LogP contribution in [0.1, 0.15) is 32.5 Å². The maximum absolute atomic E-state index is 14.4. The summed E-state index contributed by atoms with van der Waals surface area (Å²) in [5.74, 6) is -5.10. The highest BCUT2D eigenvalue weighted by atomic mass is 32.1. The number of anilines is 1. The minimum atomic E-state index is -1.23. The molecule has 0 spiro atoms. The largest absolute Gasteiger partial charge is 0.477 e. The van der Waals surface area contributed by atoms with E-state index in [0.29, 0.717) is 10.4 Å². The molecule has 3 aromatic rings. The highest BCUT2D eigenvalue weighted by Gasteiger charge is 2.35. The molecule has 0 bridgehead atoms. The van der Waals surface area contributed by atoms with Crippen molar-refractivity contribution in [1.29, 1.82) is 0 Å². The molecule has 4 rings (SSSR count). The Morgan fingerprint density at radius 3 is 2.50 bits per heavy atom. The number of carbonyl (C=O) groups is 2. The Labute approximate surface area is 161 Å². The lowest BCUT2D eigenvalue weighted by molar-refractivity contribution is -0.116. The first-order valence-electron chi connectivity index (χ1n) is 8.26. The molecule has 0 saturated heterocycles. The van der Waals surface area contributed by atoms with Gasteiger partial charge in [-0.2, -0.15) is 0 Å². The lowest BCUT2D eigenvalue weighted by Gasteiger charge is -2.24. The summed E-state index contributed by atoms with van der Waals surface area (Å²) < 4.78 is 41.4. The van der Waals surface area contributed by atoms with Crippen LogP contribution in [0.3, 0.4) is 0 Å². The number of aromatic carboxylic acids is 1. The van der Waals surface area contributed by atoms with E-state index in [2.05, 4.69) is 5.32 Å². The van der Waals surface area contributed by atoms with E-state index < -0.39 is 35.2 Å². The van der Waals surface area contributed by atoms with Gasteiger partial charge < -0.3 is 10.4 Å². The molecule has 142 valence electrons. The van der Waals surface area contributed by atoms with Gasteiger partial charge in [-0.25, -0.2) is 18.0 Å². The van der Waals surface area contributed by atoms with Crippen LogP contribution in [0, 0.1) is 17.5 Å². The first-order chi connectivity index (χ1) is 13.4. The molecule has 0 saturated carbocycles. The van der Waals surface area contributed by atoms with Gasteiger partial charge in [0.1, 0.15) is 10.7 Å². The van der Waals surface area contributed by atoms with Gasteiger partial charge in [0.2, 0.25) is 5.91 Å². The predicted molar refractivity (Wildman–Crippen MR) is 98.1 cm³/mol. The van der Waals surface area contributed by atoms with Gasteiger partial charge in [0, 0.05) is 22.8 Å². The molecular formula is C20H12F3NO3S. The summed E-state index contributed by atoms with van der Waals surface area (Å²) in [7, 11) is 0. The zero-order valence-corrected chi connectivity index (χ0v) is 14.9. The number of carboxylic acid groups (broad SMARTS) is 1. The average Bonchev–Trinajstić information content (AvgIpc) is 3.04. The molecule has 2 N–H and O–H groups in total. The number of rotatable bonds is 3. The number of carboxylic acids is 1. The molecule has 1 aromatic heterocycles. The number of hydrogen-bond acceptors (Lipinski definition) is 3. The van der Waals surface area contributed by atoms with Crippen LogP contribution in [0.25, 0.3) is 11.1 Å². The topological polar surface area (TPSA) is 66.4 Å². The van der Waals surface area contributed by atoms with E-state index in [4.69, 9.17) is 0 Å². The third kappa shape index (κ3) is 2.95. The molecule has 0 fully saturated rings. The molecular weight excluding hydrogens is 391 g/mol. The Morgan fingerprint density at radius 2 is 1.82 bits per heavy atom. The molecule has 0 radical (unpaired) electrons. The molecule has 1 amide bonds. The normalized spacial score (nSPS) is 15.8. The van der Waals surface area contributed by atoms with Gasteiger partial charge in [0.15, 0.2) is 11.6 Å². The summed E-state index contributed by atoms with van der Waals surface area (Å²) >= 11 is 0.891. The zero-order chi connectivity index (χ0) is 20.0. The number of nitrogens with one attached hydrogen (secondary N) is 1. The molecule has 28 heavy (non-hydrogen) atoms. The van der Waals surface area contributed by atoms with Crippen molar-refractivity contribution in [1.82, 2.24) is 0 Å². The van der Waals surface area contributed by atoms with Gasteiger partial charge in [0.05, 0.1) is 5.69 Å². The minimum Gasteiger partial charge on any atom is -0.477 e. The van der Waals surface area contributed by atoms with Crippen LogP contribution in [-0.2, 0) is 4.79 Å². The molecule has 1 atom stereocenters. The molecule has 4 nitrogen and oxygen atoms in total. The number of thiophene rings is 1. The molecule has 8 heteroatoms.